The first-order valence-electron chi connectivity index (χ1n) is 7.41. The Morgan fingerprint density at radius 1 is 1.52 bits per heavy atom. The fraction of sp³-hybridized carbons (Fsp3) is 0.250. The lowest BCUT2D eigenvalue weighted by atomic mass is 10.3. The predicted molar refractivity (Wildman–Crippen MR) is 96.5 cm³/mol. The third-order valence-electron chi connectivity index (χ3n) is 3.13. The lowest BCUT2D eigenvalue weighted by Gasteiger charge is -2.00. The van der Waals surface area contributed by atoms with Gasteiger partial charge in [0, 0.05) is 12.7 Å². The average molecular weight is 379 g/mol. The third kappa shape index (κ3) is 4.26. The maximum Gasteiger partial charge on any atom is 0.351 e. The van der Waals surface area contributed by atoms with Crippen LogP contribution in [0.2, 0.25) is 5.15 Å². The molecule has 2 aromatic rings. The first kappa shape index (κ1) is 18.7. The van der Waals surface area contributed by atoms with Crippen molar-refractivity contribution in [3.63, 3.8) is 0 Å². The van der Waals surface area contributed by atoms with E-state index < -0.39 is 5.97 Å². The fourth-order valence-corrected chi connectivity index (χ4v) is 3.18. The van der Waals surface area contributed by atoms with E-state index in [1.54, 1.807) is 26.0 Å². The molecule has 0 aromatic carbocycles. The molecule has 130 valence electrons. The number of esters is 1. The predicted octanol–water partition coefficient (Wildman–Crippen LogP) is 1.07. The summed E-state index contributed by atoms with van der Waals surface area (Å²) in [7, 11) is 0. The molecule has 0 aliphatic carbocycles. The molecular weight excluding hydrogens is 364 g/mol. The summed E-state index contributed by atoms with van der Waals surface area (Å²) in [5.41, 5.74) is 0.171. The molecule has 0 saturated carbocycles. The molecule has 1 N–H and O–H groups in total. The summed E-state index contributed by atoms with van der Waals surface area (Å²) in [6.07, 6.45) is 3.03. The van der Waals surface area contributed by atoms with Gasteiger partial charge < -0.3 is 10.1 Å². The molecule has 0 bridgehead atoms. The highest BCUT2D eigenvalue weighted by atomic mass is 35.5. The molecule has 0 spiro atoms. The summed E-state index contributed by atoms with van der Waals surface area (Å²) in [6.45, 7) is 3.89. The zero-order valence-electron chi connectivity index (χ0n) is 13.6. The normalized spacial score (nSPS) is 12.5. The number of pyridine rings is 1. The van der Waals surface area contributed by atoms with Gasteiger partial charge in [0.1, 0.15) is 20.4 Å². The van der Waals surface area contributed by atoms with Crippen LogP contribution in [0.3, 0.4) is 0 Å². The number of nitrogens with one attached hydrogen (secondary N) is 1. The van der Waals surface area contributed by atoms with Crippen molar-refractivity contribution in [1.29, 1.82) is 5.26 Å². The molecule has 2 aromatic heterocycles. The average Bonchev–Trinajstić information content (AvgIpc) is 2.91. The maximum atomic E-state index is 12.5. The van der Waals surface area contributed by atoms with Gasteiger partial charge >= 0.3 is 5.97 Å². The quantitative estimate of drug-likeness (QED) is 0.617. The largest absolute Gasteiger partial charge is 0.462 e. The molecule has 0 radical (unpaired) electrons. The highest BCUT2D eigenvalue weighted by Crippen LogP contribution is 2.09. The van der Waals surface area contributed by atoms with E-state index in [0.29, 0.717) is 21.9 Å². The number of aromatic nitrogens is 2. The lowest BCUT2D eigenvalue weighted by Crippen LogP contribution is -2.32. The van der Waals surface area contributed by atoms with Crippen molar-refractivity contribution in [2.45, 2.75) is 20.4 Å². The molecule has 0 atom stereocenters. The summed E-state index contributed by atoms with van der Waals surface area (Å²) >= 11 is 6.77. The van der Waals surface area contributed by atoms with E-state index >= 15 is 0 Å². The van der Waals surface area contributed by atoms with E-state index in [1.807, 2.05) is 6.07 Å². The second-order valence-electron chi connectivity index (χ2n) is 4.69. The van der Waals surface area contributed by atoms with Gasteiger partial charge in [-0.3, -0.25) is 9.36 Å². The Kier molecular flexibility index (Phi) is 6.33. The van der Waals surface area contributed by atoms with Crippen LogP contribution in [0, 0.1) is 11.3 Å². The summed E-state index contributed by atoms with van der Waals surface area (Å²) < 4.78 is 6.88. The minimum Gasteiger partial charge on any atom is -0.462 e. The second-order valence-corrected chi connectivity index (χ2v) is 6.10. The Labute approximate surface area is 152 Å². The van der Waals surface area contributed by atoms with Crippen molar-refractivity contribution < 1.29 is 9.53 Å². The highest BCUT2D eigenvalue weighted by Gasteiger charge is 2.16. The number of ether oxygens (including phenoxy) is 1. The molecule has 25 heavy (non-hydrogen) atoms. The molecule has 2 rings (SSSR count). The maximum absolute atomic E-state index is 12.5. The van der Waals surface area contributed by atoms with Gasteiger partial charge in [-0.15, -0.1) is 11.3 Å². The van der Waals surface area contributed by atoms with Gasteiger partial charge in [-0.05, 0) is 26.0 Å². The molecule has 0 aliphatic rings. The number of nitriles is 1. The minimum absolute atomic E-state index is 0.149. The van der Waals surface area contributed by atoms with Crippen LogP contribution in [-0.2, 0) is 16.1 Å². The van der Waals surface area contributed by atoms with Gasteiger partial charge in [0.05, 0.1) is 18.5 Å². The van der Waals surface area contributed by atoms with Crippen LogP contribution in [-0.4, -0.2) is 22.1 Å². The van der Waals surface area contributed by atoms with E-state index in [4.69, 9.17) is 16.3 Å². The first-order chi connectivity index (χ1) is 12.0. The Morgan fingerprint density at radius 2 is 2.28 bits per heavy atom. The van der Waals surface area contributed by atoms with Crippen molar-refractivity contribution in [3.8, 4) is 6.07 Å². The number of halogens is 1. The number of anilines is 1. The van der Waals surface area contributed by atoms with Crippen LogP contribution in [0.15, 0.2) is 23.1 Å². The van der Waals surface area contributed by atoms with Gasteiger partial charge in [0.25, 0.3) is 5.56 Å². The van der Waals surface area contributed by atoms with E-state index in [0.717, 1.165) is 11.3 Å². The number of thiazole rings is 1. The number of hydrogen-bond acceptors (Lipinski definition) is 7. The summed E-state index contributed by atoms with van der Waals surface area (Å²) in [6, 6.07) is 5.16. The van der Waals surface area contributed by atoms with Crippen molar-refractivity contribution in [3.05, 3.63) is 43.0 Å². The van der Waals surface area contributed by atoms with Gasteiger partial charge in [0.15, 0.2) is 5.57 Å². The number of rotatable bonds is 5. The summed E-state index contributed by atoms with van der Waals surface area (Å²) in [5, 5.41) is 12.6. The third-order valence-corrected chi connectivity index (χ3v) is 4.48. The lowest BCUT2D eigenvalue weighted by molar-refractivity contribution is -0.136. The van der Waals surface area contributed by atoms with Crippen molar-refractivity contribution >= 4 is 46.4 Å². The van der Waals surface area contributed by atoms with E-state index in [1.165, 1.54) is 17.0 Å². The van der Waals surface area contributed by atoms with Gasteiger partial charge in [-0.25, -0.2) is 9.78 Å². The van der Waals surface area contributed by atoms with Gasteiger partial charge in [-0.2, -0.15) is 5.26 Å². The van der Waals surface area contributed by atoms with E-state index in [-0.39, 0.29) is 22.4 Å². The van der Waals surface area contributed by atoms with Crippen LogP contribution in [0.4, 0.5) is 5.69 Å². The van der Waals surface area contributed by atoms with Crippen LogP contribution in [0.5, 0.6) is 0 Å². The zero-order valence-corrected chi connectivity index (χ0v) is 15.1. The highest BCUT2D eigenvalue weighted by molar-refractivity contribution is 7.07. The number of carbonyl (C=O) groups excluding carboxylic acids is 1. The van der Waals surface area contributed by atoms with Crippen molar-refractivity contribution in [2.75, 3.05) is 11.9 Å². The molecule has 0 amide bonds. The molecule has 2 heterocycles. The number of nitrogens with zero attached hydrogens (tertiary/aromatic N) is 3. The molecule has 9 heteroatoms. The Hall–Kier alpha value is -2.63. The standard InChI is InChI=1S/C16H15ClN4O3S/c1-3-21-14(22)12(9-19-10-5-6-13(17)20-8-10)25-15(21)11(7-18)16(23)24-4-2/h5-6,8-9,19H,3-4H2,1-2H3/b12-9+,15-11-. The SMILES string of the molecule is CCOC(=O)/C(C#N)=c1\s/c(=C/Nc2ccc(Cl)nc2)c(=O)n1CC. The topological polar surface area (TPSA) is 97.0 Å². The van der Waals surface area contributed by atoms with Crippen LogP contribution < -0.4 is 20.1 Å². The van der Waals surface area contributed by atoms with Crippen LogP contribution in [0.1, 0.15) is 13.8 Å². The first-order valence-corrected chi connectivity index (χ1v) is 8.60. The second kappa shape index (κ2) is 8.46. The fourth-order valence-electron chi connectivity index (χ4n) is 1.99. The van der Waals surface area contributed by atoms with Crippen LogP contribution in [0.25, 0.3) is 11.8 Å². The van der Waals surface area contributed by atoms with Crippen molar-refractivity contribution in [1.82, 2.24) is 9.55 Å². The number of carbonyl (C=O) groups is 1. The molecule has 7 nitrogen and oxygen atoms in total. The smallest absolute Gasteiger partial charge is 0.351 e. The Balaban J connectivity index is 2.55. The van der Waals surface area contributed by atoms with E-state index in [2.05, 4.69) is 10.3 Å². The van der Waals surface area contributed by atoms with E-state index in [9.17, 15) is 14.9 Å². The monoisotopic (exact) mass is 378 g/mol. The summed E-state index contributed by atoms with van der Waals surface area (Å²) in [4.78, 5) is 28.4. The van der Waals surface area contributed by atoms with Gasteiger partial charge in [-0.1, -0.05) is 11.6 Å². The molecular formula is C16H15ClN4O3S. The Bertz CT molecular complexity index is 986. The molecule has 0 fully saturated rings. The van der Waals surface area contributed by atoms with Gasteiger partial charge in [0.2, 0.25) is 0 Å². The van der Waals surface area contributed by atoms with Crippen LogP contribution >= 0.6 is 22.9 Å². The molecule has 0 unspecified atom stereocenters. The summed E-state index contributed by atoms with van der Waals surface area (Å²) in [5.74, 6) is -0.741. The molecule has 0 saturated heterocycles. The molecule has 0 aliphatic heterocycles. The Morgan fingerprint density at radius 3 is 2.84 bits per heavy atom. The zero-order chi connectivity index (χ0) is 18.4. The number of hydrogen-bond donors (Lipinski definition) is 1. The van der Waals surface area contributed by atoms with Crippen molar-refractivity contribution in [2.24, 2.45) is 0 Å². The minimum atomic E-state index is -0.741.